The number of nitrogens with one attached hydrogen (secondary N) is 1. The summed E-state index contributed by atoms with van der Waals surface area (Å²) in [6.07, 6.45) is 0.835. The molecule has 1 aliphatic heterocycles. The number of sulfonamides is 1. The first-order valence-corrected chi connectivity index (χ1v) is 10.9. The molecule has 0 radical (unpaired) electrons. The first kappa shape index (κ1) is 19.4. The van der Waals surface area contributed by atoms with Crippen LogP contribution in [0.5, 0.6) is 0 Å². The van der Waals surface area contributed by atoms with Crippen LogP contribution in [-0.2, 0) is 16.2 Å². The zero-order valence-electron chi connectivity index (χ0n) is 15.1. The molecule has 1 saturated carbocycles. The molecule has 1 aromatic heterocycles. The molecule has 0 spiro atoms. The van der Waals surface area contributed by atoms with Crippen LogP contribution in [0.3, 0.4) is 0 Å². The molecule has 1 aliphatic carbocycles. The molecule has 1 N–H and O–H groups in total. The van der Waals surface area contributed by atoms with Gasteiger partial charge in [0.05, 0.1) is 10.5 Å². The summed E-state index contributed by atoms with van der Waals surface area (Å²) >= 11 is 0. The Balaban J connectivity index is 1.82. The van der Waals surface area contributed by atoms with Gasteiger partial charge in [-0.25, -0.2) is 8.42 Å². The Hall–Kier alpha value is -1.87. The van der Waals surface area contributed by atoms with Crippen molar-refractivity contribution in [2.24, 2.45) is 5.92 Å². The maximum atomic E-state index is 13.4. The van der Waals surface area contributed by atoms with Gasteiger partial charge in [-0.1, -0.05) is 12.8 Å². The lowest BCUT2D eigenvalue weighted by Crippen LogP contribution is -2.49. The molecule has 2 unspecified atom stereocenters. The fourth-order valence-electron chi connectivity index (χ4n) is 4.64. The number of aromatic amines is 1. The Morgan fingerprint density at radius 2 is 1.75 bits per heavy atom. The number of rotatable bonds is 2. The van der Waals surface area contributed by atoms with Gasteiger partial charge in [0.15, 0.2) is 0 Å². The minimum atomic E-state index is -4.76. The molecule has 2 aromatic rings. The first-order chi connectivity index (χ1) is 13.2. The second kappa shape index (κ2) is 6.88. The number of fused-ring (bicyclic) bond motifs is 2. The van der Waals surface area contributed by atoms with Crippen LogP contribution in [0.15, 0.2) is 34.0 Å². The van der Waals surface area contributed by atoms with Crippen molar-refractivity contribution in [1.82, 2.24) is 9.29 Å². The minimum absolute atomic E-state index is 0.0343. The van der Waals surface area contributed by atoms with Gasteiger partial charge in [0.25, 0.3) is 0 Å². The summed E-state index contributed by atoms with van der Waals surface area (Å²) in [6.45, 7) is 0.388. The van der Waals surface area contributed by atoms with Gasteiger partial charge in [-0.2, -0.15) is 17.5 Å². The number of hydrogen-bond donors (Lipinski definition) is 1. The Labute approximate surface area is 160 Å². The quantitative estimate of drug-likeness (QED) is 0.811. The SMILES string of the molecule is O=c1cc(C(F)(F)F)c2cc(S(=O)(=O)N3CCCC4CCCCC43)ccc2[nH]1. The van der Waals surface area contributed by atoms with Crippen molar-refractivity contribution < 1.29 is 21.6 Å². The summed E-state index contributed by atoms with van der Waals surface area (Å²) in [7, 11) is -3.92. The highest BCUT2D eigenvalue weighted by atomic mass is 32.2. The number of alkyl halides is 3. The Kier molecular flexibility index (Phi) is 4.78. The molecule has 152 valence electrons. The van der Waals surface area contributed by atoms with Crippen molar-refractivity contribution >= 4 is 20.9 Å². The minimum Gasteiger partial charge on any atom is -0.322 e. The molecule has 0 amide bonds. The van der Waals surface area contributed by atoms with E-state index in [1.54, 1.807) is 0 Å². The van der Waals surface area contributed by atoms with Crippen LogP contribution in [0.25, 0.3) is 10.9 Å². The van der Waals surface area contributed by atoms with E-state index in [0.717, 1.165) is 44.6 Å². The van der Waals surface area contributed by atoms with Crippen molar-refractivity contribution in [2.75, 3.05) is 6.54 Å². The van der Waals surface area contributed by atoms with E-state index in [9.17, 15) is 26.4 Å². The van der Waals surface area contributed by atoms with Gasteiger partial charge in [-0.05, 0) is 49.8 Å². The maximum absolute atomic E-state index is 13.4. The molecular formula is C19H21F3N2O3S. The van der Waals surface area contributed by atoms with Crippen molar-refractivity contribution in [3.63, 3.8) is 0 Å². The number of nitrogens with zero attached hydrogens (tertiary/aromatic N) is 1. The zero-order chi connectivity index (χ0) is 20.1. The second-order valence-corrected chi connectivity index (χ2v) is 9.51. The third-order valence-electron chi connectivity index (χ3n) is 5.92. The van der Waals surface area contributed by atoms with E-state index < -0.39 is 27.3 Å². The van der Waals surface area contributed by atoms with Crippen molar-refractivity contribution in [2.45, 2.75) is 55.6 Å². The molecule has 2 heterocycles. The Morgan fingerprint density at radius 3 is 2.50 bits per heavy atom. The van der Waals surface area contributed by atoms with Gasteiger partial charge in [0.2, 0.25) is 15.6 Å². The molecular weight excluding hydrogens is 393 g/mol. The highest BCUT2D eigenvalue weighted by Crippen LogP contribution is 2.39. The van der Waals surface area contributed by atoms with E-state index in [0.29, 0.717) is 18.5 Å². The number of piperidine rings is 1. The molecule has 1 saturated heterocycles. The van der Waals surface area contributed by atoms with E-state index in [-0.39, 0.29) is 21.8 Å². The molecule has 1 aromatic carbocycles. The average molecular weight is 414 g/mol. The predicted octanol–water partition coefficient (Wildman–Crippen LogP) is 3.89. The molecule has 28 heavy (non-hydrogen) atoms. The van der Waals surface area contributed by atoms with Crippen LogP contribution in [-0.4, -0.2) is 30.3 Å². The topological polar surface area (TPSA) is 70.2 Å². The zero-order valence-corrected chi connectivity index (χ0v) is 15.9. The molecule has 4 rings (SSSR count). The van der Waals surface area contributed by atoms with Crippen molar-refractivity contribution in [3.8, 4) is 0 Å². The van der Waals surface area contributed by atoms with Gasteiger partial charge in [0.1, 0.15) is 0 Å². The van der Waals surface area contributed by atoms with Gasteiger partial charge < -0.3 is 4.98 Å². The van der Waals surface area contributed by atoms with Crippen LogP contribution in [0.2, 0.25) is 0 Å². The summed E-state index contributed by atoms with van der Waals surface area (Å²) in [4.78, 5) is 13.7. The lowest BCUT2D eigenvalue weighted by atomic mass is 9.79. The van der Waals surface area contributed by atoms with E-state index in [2.05, 4.69) is 4.98 Å². The van der Waals surface area contributed by atoms with E-state index in [4.69, 9.17) is 0 Å². The molecule has 2 aliphatic rings. The summed E-state index contributed by atoms with van der Waals surface area (Å²) in [5.74, 6) is 0.319. The maximum Gasteiger partial charge on any atom is 0.417 e. The molecule has 0 bridgehead atoms. The van der Waals surface area contributed by atoms with Crippen LogP contribution in [0, 0.1) is 5.92 Å². The summed E-state index contributed by atoms with van der Waals surface area (Å²) in [6, 6.07) is 3.94. The molecule has 2 fully saturated rings. The Bertz CT molecular complexity index is 1060. The van der Waals surface area contributed by atoms with Crippen LogP contribution in [0.4, 0.5) is 13.2 Å². The highest BCUT2D eigenvalue weighted by Gasteiger charge is 2.40. The van der Waals surface area contributed by atoms with E-state index in [1.165, 1.54) is 16.4 Å². The third kappa shape index (κ3) is 3.34. The normalized spacial score (nSPS) is 24.2. The van der Waals surface area contributed by atoms with Gasteiger partial charge in [-0.3, -0.25) is 4.79 Å². The number of benzene rings is 1. The Morgan fingerprint density at radius 1 is 1.04 bits per heavy atom. The van der Waals surface area contributed by atoms with Crippen LogP contribution in [0.1, 0.15) is 44.1 Å². The standard InChI is InChI=1S/C19H21F3N2O3S/c20-19(21,22)15-11-18(25)23-16-8-7-13(10-14(15)16)28(26,27)24-9-3-5-12-4-1-2-6-17(12)24/h7-8,10-12,17H,1-6,9H2,(H,23,25). The molecule has 9 heteroatoms. The fraction of sp³-hybridized carbons (Fsp3) is 0.526. The lowest BCUT2D eigenvalue weighted by Gasteiger charge is -2.43. The summed E-state index contributed by atoms with van der Waals surface area (Å²) in [5.41, 5.74) is -2.04. The number of pyridine rings is 1. The van der Waals surface area contributed by atoms with Crippen molar-refractivity contribution in [1.29, 1.82) is 0 Å². The van der Waals surface area contributed by atoms with E-state index >= 15 is 0 Å². The lowest BCUT2D eigenvalue weighted by molar-refractivity contribution is -0.136. The van der Waals surface area contributed by atoms with E-state index in [1.807, 2.05) is 0 Å². The van der Waals surface area contributed by atoms with Crippen molar-refractivity contribution in [3.05, 3.63) is 40.2 Å². The van der Waals surface area contributed by atoms with Crippen LogP contribution >= 0.6 is 0 Å². The van der Waals surface area contributed by atoms with Gasteiger partial charge in [0, 0.05) is 29.6 Å². The molecule has 2 atom stereocenters. The largest absolute Gasteiger partial charge is 0.417 e. The number of halogens is 3. The third-order valence-corrected chi connectivity index (χ3v) is 7.84. The number of aromatic nitrogens is 1. The predicted molar refractivity (Wildman–Crippen MR) is 98.4 cm³/mol. The molecule has 5 nitrogen and oxygen atoms in total. The monoisotopic (exact) mass is 414 g/mol. The van der Waals surface area contributed by atoms with Crippen LogP contribution < -0.4 is 5.56 Å². The fourth-order valence-corrected chi connectivity index (χ4v) is 6.42. The summed E-state index contributed by atoms with van der Waals surface area (Å²) < 4.78 is 68.2. The average Bonchev–Trinajstić information content (AvgIpc) is 2.65. The second-order valence-electron chi connectivity index (χ2n) is 7.62. The number of hydrogen-bond acceptors (Lipinski definition) is 3. The highest BCUT2D eigenvalue weighted by molar-refractivity contribution is 7.89. The van der Waals surface area contributed by atoms with Gasteiger partial charge >= 0.3 is 6.18 Å². The first-order valence-electron chi connectivity index (χ1n) is 9.44. The van der Waals surface area contributed by atoms with Gasteiger partial charge in [-0.15, -0.1) is 0 Å². The summed E-state index contributed by atoms with van der Waals surface area (Å²) in [5, 5.41) is -0.314. The number of H-pyrrole nitrogens is 1. The smallest absolute Gasteiger partial charge is 0.322 e.